The van der Waals surface area contributed by atoms with Gasteiger partial charge in [-0.05, 0) is 24.3 Å². The molecule has 27 heavy (non-hydrogen) atoms. The van der Waals surface area contributed by atoms with Gasteiger partial charge in [-0.25, -0.2) is 4.98 Å². The number of aromatic nitrogens is 2. The standard InChI is InChI=1S/C20H16Cl2N4O/c1-25(2)20(27)19-17-10-23-18(13-5-3-4-6-15(13)22)14-9-12(21)7-8-16(14)26(17)11-24-19/h3-9,11H,10H2,1-2H3. The minimum atomic E-state index is -0.157. The lowest BCUT2D eigenvalue weighted by Gasteiger charge is -2.13. The van der Waals surface area contributed by atoms with Crippen LogP contribution in [0.1, 0.15) is 27.3 Å². The summed E-state index contributed by atoms with van der Waals surface area (Å²) in [6, 6.07) is 13.1. The Bertz CT molecular complexity index is 1090. The first-order valence-corrected chi connectivity index (χ1v) is 9.10. The van der Waals surface area contributed by atoms with Crippen LogP contribution in [0.25, 0.3) is 5.69 Å². The molecule has 0 spiro atoms. The summed E-state index contributed by atoms with van der Waals surface area (Å²) < 4.78 is 1.90. The van der Waals surface area contributed by atoms with Crippen LogP contribution in [-0.2, 0) is 6.54 Å². The fraction of sp³-hybridized carbons (Fsp3) is 0.150. The number of nitrogens with zero attached hydrogens (tertiary/aromatic N) is 4. The quantitative estimate of drug-likeness (QED) is 0.648. The molecule has 1 aliphatic rings. The number of rotatable bonds is 2. The van der Waals surface area contributed by atoms with E-state index < -0.39 is 0 Å². The Labute approximate surface area is 166 Å². The molecule has 0 unspecified atom stereocenters. The Kier molecular flexibility index (Phi) is 4.50. The van der Waals surface area contributed by atoms with Gasteiger partial charge < -0.3 is 4.90 Å². The molecule has 5 nitrogen and oxygen atoms in total. The average Bonchev–Trinajstić information content (AvgIpc) is 2.99. The number of amides is 1. The normalized spacial score (nSPS) is 12.7. The number of fused-ring (bicyclic) bond motifs is 3. The first-order valence-electron chi connectivity index (χ1n) is 8.35. The molecular formula is C20H16Cl2N4O. The maximum absolute atomic E-state index is 12.5. The summed E-state index contributed by atoms with van der Waals surface area (Å²) in [5.41, 5.74) is 4.39. The lowest BCUT2D eigenvalue weighted by molar-refractivity contribution is 0.0821. The molecule has 4 rings (SSSR count). The number of imidazole rings is 1. The Balaban J connectivity index is 1.97. The summed E-state index contributed by atoms with van der Waals surface area (Å²) in [5.74, 6) is -0.157. The van der Waals surface area contributed by atoms with Crippen molar-refractivity contribution in [2.75, 3.05) is 14.1 Å². The first-order chi connectivity index (χ1) is 13.0. The number of halogens is 2. The zero-order valence-electron chi connectivity index (χ0n) is 14.8. The average molecular weight is 399 g/mol. The van der Waals surface area contributed by atoms with Crippen molar-refractivity contribution in [1.82, 2.24) is 14.5 Å². The largest absolute Gasteiger partial charge is 0.343 e. The summed E-state index contributed by atoms with van der Waals surface area (Å²) in [6.07, 6.45) is 1.66. The summed E-state index contributed by atoms with van der Waals surface area (Å²) in [4.78, 5) is 23.2. The Morgan fingerprint density at radius 3 is 2.63 bits per heavy atom. The van der Waals surface area contributed by atoms with Crippen LogP contribution in [0.4, 0.5) is 0 Å². The van der Waals surface area contributed by atoms with Crippen LogP contribution < -0.4 is 0 Å². The fourth-order valence-electron chi connectivity index (χ4n) is 3.15. The molecular weight excluding hydrogens is 383 g/mol. The molecule has 0 fully saturated rings. The lowest BCUT2D eigenvalue weighted by atomic mass is 10.0. The Morgan fingerprint density at radius 2 is 1.89 bits per heavy atom. The molecule has 0 saturated carbocycles. The minimum Gasteiger partial charge on any atom is -0.343 e. The van der Waals surface area contributed by atoms with E-state index >= 15 is 0 Å². The van der Waals surface area contributed by atoms with Gasteiger partial charge in [0.25, 0.3) is 5.91 Å². The topological polar surface area (TPSA) is 50.5 Å². The van der Waals surface area contributed by atoms with Gasteiger partial charge in [0.05, 0.1) is 23.6 Å². The van der Waals surface area contributed by atoms with Gasteiger partial charge in [-0.2, -0.15) is 0 Å². The zero-order valence-corrected chi connectivity index (χ0v) is 16.3. The number of benzene rings is 2. The van der Waals surface area contributed by atoms with Gasteiger partial charge in [-0.1, -0.05) is 41.4 Å². The highest BCUT2D eigenvalue weighted by Crippen LogP contribution is 2.31. The van der Waals surface area contributed by atoms with Gasteiger partial charge in [0.15, 0.2) is 5.69 Å². The van der Waals surface area contributed by atoms with E-state index in [1.54, 1.807) is 20.4 Å². The van der Waals surface area contributed by atoms with Crippen LogP contribution >= 0.6 is 23.2 Å². The van der Waals surface area contributed by atoms with Crippen LogP contribution in [-0.4, -0.2) is 40.2 Å². The maximum atomic E-state index is 12.5. The number of hydrogen-bond acceptors (Lipinski definition) is 3. The van der Waals surface area contributed by atoms with Crippen LogP contribution in [0, 0.1) is 0 Å². The molecule has 0 N–H and O–H groups in total. The van der Waals surface area contributed by atoms with Crippen LogP contribution in [0.15, 0.2) is 53.8 Å². The molecule has 0 radical (unpaired) electrons. The van der Waals surface area contributed by atoms with Crippen molar-refractivity contribution >= 4 is 34.8 Å². The molecule has 2 heterocycles. The second-order valence-electron chi connectivity index (χ2n) is 6.42. The van der Waals surface area contributed by atoms with Gasteiger partial charge in [-0.15, -0.1) is 0 Å². The molecule has 2 aromatic carbocycles. The van der Waals surface area contributed by atoms with Crippen molar-refractivity contribution in [2.45, 2.75) is 6.54 Å². The van der Waals surface area contributed by atoms with Crippen molar-refractivity contribution in [3.05, 3.63) is 81.4 Å². The number of carbonyl (C=O) groups excluding carboxylic acids is 1. The van der Waals surface area contributed by atoms with E-state index in [2.05, 4.69) is 4.98 Å². The highest BCUT2D eigenvalue weighted by Gasteiger charge is 2.25. The second-order valence-corrected chi connectivity index (χ2v) is 7.26. The van der Waals surface area contributed by atoms with E-state index in [-0.39, 0.29) is 5.91 Å². The molecule has 1 aliphatic heterocycles. The van der Waals surface area contributed by atoms with Crippen LogP contribution in [0.5, 0.6) is 0 Å². The smallest absolute Gasteiger partial charge is 0.273 e. The first kappa shape index (κ1) is 17.8. The van der Waals surface area contributed by atoms with Crippen molar-refractivity contribution in [3.8, 4) is 5.69 Å². The highest BCUT2D eigenvalue weighted by molar-refractivity contribution is 6.36. The maximum Gasteiger partial charge on any atom is 0.273 e. The predicted molar refractivity (Wildman–Crippen MR) is 107 cm³/mol. The summed E-state index contributed by atoms with van der Waals surface area (Å²) in [7, 11) is 3.41. The Morgan fingerprint density at radius 1 is 1.11 bits per heavy atom. The van der Waals surface area contributed by atoms with Crippen LogP contribution in [0.3, 0.4) is 0 Å². The molecule has 3 aromatic rings. The van der Waals surface area contributed by atoms with Crippen molar-refractivity contribution in [3.63, 3.8) is 0 Å². The van der Waals surface area contributed by atoms with Crippen molar-refractivity contribution in [1.29, 1.82) is 0 Å². The molecule has 0 aliphatic carbocycles. The van der Waals surface area contributed by atoms with E-state index in [1.165, 1.54) is 4.90 Å². The van der Waals surface area contributed by atoms with Gasteiger partial charge in [0.1, 0.15) is 6.33 Å². The number of carbonyl (C=O) groups is 1. The number of hydrogen-bond donors (Lipinski definition) is 0. The number of aliphatic imine (C=N–C) groups is 1. The van der Waals surface area contributed by atoms with E-state index in [4.69, 9.17) is 28.2 Å². The van der Waals surface area contributed by atoms with Gasteiger partial charge in [0.2, 0.25) is 0 Å². The highest BCUT2D eigenvalue weighted by atomic mass is 35.5. The third-order valence-electron chi connectivity index (χ3n) is 4.46. The van der Waals surface area contributed by atoms with E-state index in [0.717, 1.165) is 28.2 Å². The van der Waals surface area contributed by atoms with E-state index in [0.29, 0.717) is 22.3 Å². The van der Waals surface area contributed by atoms with Gasteiger partial charge >= 0.3 is 0 Å². The minimum absolute atomic E-state index is 0.157. The SMILES string of the molecule is CN(C)C(=O)c1ncn2c1CN=C(c1ccccc1Cl)c1cc(Cl)ccc1-2. The molecule has 1 aromatic heterocycles. The molecule has 136 valence electrons. The molecule has 7 heteroatoms. The molecule has 0 atom stereocenters. The third kappa shape index (κ3) is 3.03. The summed E-state index contributed by atoms with van der Waals surface area (Å²) in [5, 5.41) is 1.21. The Hall–Kier alpha value is -2.63. The van der Waals surface area contributed by atoms with Crippen molar-refractivity contribution in [2.24, 2.45) is 4.99 Å². The van der Waals surface area contributed by atoms with E-state index in [1.807, 2.05) is 47.0 Å². The van der Waals surface area contributed by atoms with Gasteiger partial charge in [0, 0.05) is 35.3 Å². The summed E-state index contributed by atoms with van der Waals surface area (Å²) in [6.45, 7) is 0.307. The molecule has 0 bridgehead atoms. The van der Waals surface area contributed by atoms with E-state index in [9.17, 15) is 4.79 Å². The monoisotopic (exact) mass is 398 g/mol. The van der Waals surface area contributed by atoms with Crippen LogP contribution in [0.2, 0.25) is 10.0 Å². The lowest BCUT2D eigenvalue weighted by Crippen LogP contribution is -2.23. The fourth-order valence-corrected chi connectivity index (χ4v) is 3.55. The zero-order chi connectivity index (χ0) is 19.1. The third-order valence-corrected chi connectivity index (χ3v) is 5.03. The molecule has 0 saturated heterocycles. The second kappa shape index (κ2) is 6.83. The van der Waals surface area contributed by atoms with Crippen molar-refractivity contribution < 1.29 is 4.79 Å². The molecule has 1 amide bonds. The predicted octanol–water partition coefficient (Wildman–Crippen LogP) is 4.23. The van der Waals surface area contributed by atoms with Gasteiger partial charge in [-0.3, -0.25) is 14.4 Å². The summed E-state index contributed by atoms with van der Waals surface area (Å²) >= 11 is 12.7.